The SMILES string of the molecule is CC(C)(CNC(=O)C(NC(=O)N1CCN(Cc2ccccc2)C(=O)C1=O)c1ccccc1)[Si](ONC1S[C@@H]2CC(=O)N2C(C(=O)O)=C1CSc1n[nH]c(CC(=O)O)n1)(c1ccccc1)c1ccccc1. The number of nitrogens with zero attached hydrogens (tertiary/aromatic N) is 5. The van der Waals surface area contributed by atoms with Gasteiger partial charge in [-0.05, 0) is 21.5 Å². The van der Waals surface area contributed by atoms with Gasteiger partial charge in [0.2, 0.25) is 17.0 Å². The lowest BCUT2D eigenvalue weighted by molar-refractivity contribution is -0.154. The third kappa shape index (κ3) is 10.4. The van der Waals surface area contributed by atoms with Crippen molar-refractivity contribution in [1.82, 2.24) is 46.0 Å². The number of β-lactam (4-membered cyclic amide) rings is 1. The Morgan fingerprint density at radius 3 is 2.09 bits per heavy atom. The van der Waals surface area contributed by atoms with E-state index in [0.717, 1.165) is 32.6 Å². The fraction of sp³-hybridized carbons (Fsp3) is 0.271. The molecule has 4 heterocycles. The number of aromatic amines is 1. The van der Waals surface area contributed by atoms with Crippen molar-refractivity contribution in [2.45, 2.75) is 60.2 Å². The monoisotopic (exact) mass is 1000 g/mol. The summed E-state index contributed by atoms with van der Waals surface area (Å²) in [4.78, 5) is 100. The molecule has 0 bridgehead atoms. The van der Waals surface area contributed by atoms with Gasteiger partial charge < -0.3 is 30.3 Å². The van der Waals surface area contributed by atoms with E-state index in [1.165, 1.54) is 21.6 Å². The highest BCUT2D eigenvalue weighted by atomic mass is 32.2. The number of aliphatic carboxylic acids is 2. The normalized spacial score (nSPS) is 17.7. The molecule has 0 saturated carbocycles. The second-order valence-corrected chi connectivity index (χ2v) is 23.5. The van der Waals surface area contributed by atoms with Crippen LogP contribution in [0.3, 0.4) is 0 Å². The van der Waals surface area contributed by atoms with Gasteiger partial charge >= 0.3 is 29.8 Å². The summed E-state index contributed by atoms with van der Waals surface area (Å²) in [5, 5.41) is 31.8. The number of fused-ring (bicyclic) bond motifs is 1. The quantitative estimate of drug-likeness (QED) is 0.0229. The minimum Gasteiger partial charge on any atom is -0.481 e. The summed E-state index contributed by atoms with van der Waals surface area (Å²) in [6.07, 6.45) is -0.292. The molecule has 0 spiro atoms. The molecule has 2 saturated heterocycles. The molecule has 3 aliphatic rings. The molecule has 6 N–H and O–H groups in total. The van der Waals surface area contributed by atoms with E-state index in [0.29, 0.717) is 11.1 Å². The third-order valence-electron chi connectivity index (χ3n) is 12.2. The molecular formula is C48H49N9O10S2Si. The lowest BCUT2D eigenvalue weighted by atomic mass is 10.1. The Morgan fingerprint density at radius 1 is 0.871 bits per heavy atom. The van der Waals surface area contributed by atoms with Gasteiger partial charge in [-0.1, -0.05) is 147 Å². The van der Waals surface area contributed by atoms with E-state index >= 15 is 0 Å². The van der Waals surface area contributed by atoms with Crippen LogP contribution in [0, 0.1) is 0 Å². The Labute approximate surface area is 411 Å². The second-order valence-electron chi connectivity index (χ2n) is 17.2. The number of imide groups is 1. The van der Waals surface area contributed by atoms with Gasteiger partial charge in [-0.3, -0.25) is 38.9 Å². The van der Waals surface area contributed by atoms with Crippen molar-refractivity contribution in [3.63, 3.8) is 0 Å². The first-order valence-corrected chi connectivity index (χ1v) is 26.0. The number of carboxylic acids is 2. The van der Waals surface area contributed by atoms with E-state index in [4.69, 9.17) is 4.53 Å². The molecule has 6 amide bonds. The minimum atomic E-state index is -3.73. The van der Waals surface area contributed by atoms with Crippen LogP contribution < -0.4 is 26.5 Å². The highest BCUT2D eigenvalue weighted by molar-refractivity contribution is 8.01. The van der Waals surface area contributed by atoms with Gasteiger partial charge in [0.1, 0.15) is 29.4 Å². The molecule has 22 heteroatoms. The van der Waals surface area contributed by atoms with Crippen molar-refractivity contribution >= 4 is 83.8 Å². The zero-order valence-electron chi connectivity index (χ0n) is 37.9. The van der Waals surface area contributed by atoms with Crippen LogP contribution in [0.5, 0.6) is 0 Å². The maximum absolute atomic E-state index is 14.6. The molecule has 5 aromatic rings. The Hall–Kier alpha value is -7.11. The number of H-pyrrole nitrogens is 1. The number of amides is 6. The van der Waals surface area contributed by atoms with Crippen molar-refractivity contribution in [1.29, 1.82) is 0 Å². The first-order chi connectivity index (χ1) is 33.7. The van der Waals surface area contributed by atoms with Gasteiger partial charge in [-0.2, -0.15) is 5.48 Å². The summed E-state index contributed by atoms with van der Waals surface area (Å²) in [6.45, 7) is 4.09. The van der Waals surface area contributed by atoms with E-state index < -0.39 is 72.3 Å². The van der Waals surface area contributed by atoms with Gasteiger partial charge in [0, 0.05) is 42.5 Å². The molecule has 3 aliphatic heterocycles. The Bertz CT molecular complexity index is 2770. The summed E-state index contributed by atoms with van der Waals surface area (Å²) in [5.41, 5.74) is 4.62. The summed E-state index contributed by atoms with van der Waals surface area (Å²) >= 11 is 2.38. The Kier molecular flexibility index (Phi) is 15.0. The number of hydrogen-bond acceptors (Lipinski definition) is 13. The van der Waals surface area contributed by atoms with Gasteiger partial charge in [-0.15, -0.1) is 16.9 Å². The van der Waals surface area contributed by atoms with Crippen LogP contribution in [0.15, 0.2) is 138 Å². The average molecular weight is 1000 g/mol. The van der Waals surface area contributed by atoms with E-state index in [1.54, 1.807) is 30.3 Å². The Morgan fingerprint density at radius 2 is 1.49 bits per heavy atom. The van der Waals surface area contributed by atoms with Crippen molar-refractivity contribution in [3.8, 4) is 0 Å². The van der Waals surface area contributed by atoms with E-state index in [9.17, 15) is 43.8 Å². The van der Waals surface area contributed by atoms with E-state index in [-0.39, 0.29) is 60.9 Å². The lowest BCUT2D eigenvalue weighted by Crippen LogP contribution is -2.71. The number of rotatable bonds is 19. The van der Waals surface area contributed by atoms with Crippen LogP contribution in [0.1, 0.15) is 43.3 Å². The molecule has 1 aromatic heterocycles. The number of nitrogens with one attached hydrogen (secondary N) is 4. The fourth-order valence-corrected chi connectivity index (χ4v) is 15.5. The van der Waals surface area contributed by atoms with Crippen LogP contribution in [0.2, 0.25) is 5.04 Å². The van der Waals surface area contributed by atoms with Crippen molar-refractivity contribution in [2.75, 3.05) is 25.4 Å². The van der Waals surface area contributed by atoms with Gasteiger partial charge in [0.25, 0.3) is 8.32 Å². The fourth-order valence-electron chi connectivity index (χ4n) is 8.67. The predicted molar refractivity (Wildman–Crippen MR) is 260 cm³/mol. The van der Waals surface area contributed by atoms with E-state index in [1.807, 2.05) is 105 Å². The predicted octanol–water partition coefficient (Wildman–Crippen LogP) is 2.99. The summed E-state index contributed by atoms with van der Waals surface area (Å²) < 4.78 is 7.21. The standard InChI is InChI=1S/C48H49N9O10S2Si/c1-48(2,29-49-41(61)39(31-17-9-4-10-18-31)51-47(66)56-24-23-55(43(62)44(56)63)27-30-15-7-3-8-16-30)70(32-19-11-5-12-20-32,33-21-13-6-14-22-33)67-54-42-34(28-68-46-50-35(52-53-46)25-38(59)60)40(45(64)65)57-36(58)26-37(57)69-42/h3-22,37,39,42,54H,23-29H2,1-2H3,(H,49,61)(H,51,66)(H,59,60)(H,64,65)(H,50,52,53)/t37-,39?,42?/m1/s1. The van der Waals surface area contributed by atoms with Gasteiger partial charge in [0.15, 0.2) is 0 Å². The molecule has 19 nitrogen and oxygen atoms in total. The maximum Gasteiger partial charge on any atom is 0.352 e. The summed E-state index contributed by atoms with van der Waals surface area (Å²) in [5.74, 6) is -5.13. The summed E-state index contributed by atoms with van der Waals surface area (Å²) in [6, 6.07) is 34.5. The van der Waals surface area contributed by atoms with E-state index in [2.05, 4.69) is 31.3 Å². The zero-order valence-corrected chi connectivity index (χ0v) is 40.6. The number of carbonyl (C=O) groups is 7. The number of urea groups is 1. The summed E-state index contributed by atoms with van der Waals surface area (Å²) in [7, 11) is -3.73. The first kappa shape index (κ1) is 49.3. The van der Waals surface area contributed by atoms with Crippen LogP contribution in [0.4, 0.5) is 4.79 Å². The largest absolute Gasteiger partial charge is 0.481 e. The number of hydroxylamine groups is 1. The van der Waals surface area contributed by atoms with Crippen LogP contribution in [-0.2, 0) is 46.3 Å². The number of thioether (sulfide) groups is 2. The molecule has 2 unspecified atom stereocenters. The molecule has 3 atom stereocenters. The molecule has 2 fully saturated rings. The molecule has 362 valence electrons. The maximum atomic E-state index is 14.6. The number of piperazine rings is 1. The Balaban J connectivity index is 1.07. The number of carboxylic acid groups (broad SMARTS) is 2. The molecule has 0 aliphatic carbocycles. The second kappa shape index (κ2) is 21.3. The number of carbonyl (C=O) groups excluding carboxylic acids is 5. The van der Waals surface area contributed by atoms with Crippen LogP contribution in [0.25, 0.3) is 0 Å². The van der Waals surface area contributed by atoms with Gasteiger partial charge in [-0.25, -0.2) is 14.6 Å². The van der Waals surface area contributed by atoms with Crippen LogP contribution >= 0.6 is 23.5 Å². The molecule has 4 aromatic carbocycles. The minimum absolute atomic E-state index is 0.0169. The highest BCUT2D eigenvalue weighted by Gasteiger charge is 2.56. The van der Waals surface area contributed by atoms with Gasteiger partial charge in [0.05, 0.1) is 11.8 Å². The average Bonchev–Trinajstić information content (AvgIpc) is 3.80. The number of benzene rings is 4. The topological polar surface area (TPSA) is 257 Å². The molecular weight excluding hydrogens is 955 g/mol. The zero-order chi connectivity index (χ0) is 49.6. The van der Waals surface area contributed by atoms with Crippen molar-refractivity contribution < 1.29 is 48.3 Å². The first-order valence-electron chi connectivity index (χ1n) is 22.2. The third-order valence-corrected chi connectivity index (χ3v) is 19.3. The van der Waals surface area contributed by atoms with Crippen molar-refractivity contribution in [3.05, 3.63) is 150 Å². The highest BCUT2D eigenvalue weighted by Crippen LogP contribution is 2.45. The van der Waals surface area contributed by atoms with Crippen LogP contribution in [-0.4, -0.2) is 126 Å². The number of hydrogen-bond donors (Lipinski definition) is 6. The number of aromatic nitrogens is 3. The molecule has 0 radical (unpaired) electrons. The molecule has 70 heavy (non-hydrogen) atoms. The van der Waals surface area contributed by atoms with Crippen molar-refractivity contribution in [2.24, 2.45) is 0 Å². The lowest BCUT2D eigenvalue weighted by Gasteiger charge is -2.49. The molecule has 8 rings (SSSR count). The smallest absolute Gasteiger partial charge is 0.352 e.